The summed E-state index contributed by atoms with van der Waals surface area (Å²) in [5.74, 6) is -0.878. The van der Waals surface area contributed by atoms with Crippen LogP contribution < -0.4 is 0 Å². The SMILES string of the molecule is CC[C@H](C=O)[C@@H](O)C(C)=O. The van der Waals surface area contributed by atoms with E-state index in [2.05, 4.69) is 0 Å². The maximum atomic E-state index is 10.5. The van der Waals surface area contributed by atoms with Crippen molar-refractivity contribution in [3.63, 3.8) is 0 Å². The Morgan fingerprint density at radius 3 is 2.30 bits per heavy atom. The summed E-state index contributed by atoms with van der Waals surface area (Å²) in [6, 6.07) is 0. The number of aliphatic hydroxyl groups excluding tert-OH is 1. The summed E-state index contributed by atoms with van der Waals surface area (Å²) in [5.41, 5.74) is 0. The molecule has 1 N–H and O–H groups in total. The Kier molecular flexibility index (Phi) is 3.88. The summed E-state index contributed by atoms with van der Waals surface area (Å²) >= 11 is 0. The first-order valence-electron chi connectivity index (χ1n) is 3.27. The van der Waals surface area contributed by atoms with Gasteiger partial charge in [0, 0.05) is 5.92 Å². The molecular weight excluding hydrogens is 132 g/mol. The molecule has 0 aliphatic heterocycles. The highest BCUT2D eigenvalue weighted by atomic mass is 16.3. The Balaban J connectivity index is 4.00. The molecule has 3 heteroatoms. The van der Waals surface area contributed by atoms with Gasteiger partial charge in [-0.25, -0.2) is 0 Å². The zero-order valence-corrected chi connectivity index (χ0v) is 6.20. The average molecular weight is 144 g/mol. The van der Waals surface area contributed by atoms with Crippen LogP contribution in [-0.2, 0) is 9.59 Å². The van der Waals surface area contributed by atoms with Crippen molar-refractivity contribution in [3.05, 3.63) is 0 Å². The Morgan fingerprint density at radius 1 is 1.70 bits per heavy atom. The van der Waals surface area contributed by atoms with Gasteiger partial charge in [-0.05, 0) is 13.3 Å². The number of aldehydes is 1. The monoisotopic (exact) mass is 144 g/mol. The largest absolute Gasteiger partial charge is 0.385 e. The molecule has 0 aliphatic rings. The van der Waals surface area contributed by atoms with Gasteiger partial charge in [0.15, 0.2) is 5.78 Å². The Morgan fingerprint density at radius 2 is 2.20 bits per heavy atom. The van der Waals surface area contributed by atoms with Crippen molar-refractivity contribution in [3.8, 4) is 0 Å². The lowest BCUT2D eigenvalue weighted by Crippen LogP contribution is -2.27. The topological polar surface area (TPSA) is 54.4 Å². The summed E-state index contributed by atoms with van der Waals surface area (Å²) in [4.78, 5) is 20.7. The van der Waals surface area contributed by atoms with Crippen molar-refractivity contribution in [2.75, 3.05) is 0 Å². The average Bonchev–Trinajstić information content (AvgIpc) is 1.90. The third-order valence-electron chi connectivity index (χ3n) is 1.47. The summed E-state index contributed by atoms with van der Waals surface area (Å²) in [7, 11) is 0. The molecule has 0 spiro atoms. The van der Waals surface area contributed by atoms with Gasteiger partial charge in [0.25, 0.3) is 0 Å². The summed E-state index contributed by atoms with van der Waals surface area (Å²) in [6.07, 6.45) is 0.0125. The van der Waals surface area contributed by atoms with Crippen molar-refractivity contribution in [2.45, 2.75) is 26.4 Å². The van der Waals surface area contributed by atoms with E-state index in [4.69, 9.17) is 5.11 Å². The van der Waals surface area contributed by atoms with Crippen LogP contribution in [0.25, 0.3) is 0 Å². The Hall–Kier alpha value is -0.700. The first kappa shape index (κ1) is 9.30. The molecule has 2 atom stereocenters. The molecule has 0 saturated heterocycles. The number of carbonyl (C=O) groups is 2. The standard InChI is InChI=1S/C7H12O3/c1-3-6(4-8)7(10)5(2)9/h4,6-7,10H,3H2,1-2H3/t6-,7+/m1/s1. The fourth-order valence-corrected chi connectivity index (χ4v) is 0.695. The third-order valence-corrected chi connectivity index (χ3v) is 1.47. The van der Waals surface area contributed by atoms with Gasteiger partial charge in [-0.2, -0.15) is 0 Å². The van der Waals surface area contributed by atoms with Crippen molar-refractivity contribution in [1.82, 2.24) is 0 Å². The van der Waals surface area contributed by atoms with Crippen LogP contribution in [0, 0.1) is 5.92 Å². The number of hydrogen-bond donors (Lipinski definition) is 1. The second-order valence-electron chi connectivity index (χ2n) is 2.26. The summed E-state index contributed by atoms with van der Waals surface area (Å²) < 4.78 is 0. The van der Waals surface area contributed by atoms with E-state index in [9.17, 15) is 9.59 Å². The van der Waals surface area contributed by atoms with Crippen LogP contribution in [0.4, 0.5) is 0 Å². The van der Waals surface area contributed by atoms with E-state index < -0.39 is 12.0 Å². The van der Waals surface area contributed by atoms with Crippen LogP contribution in [0.2, 0.25) is 0 Å². The molecule has 10 heavy (non-hydrogen) atoms. The lowest BCUT2D eigenvalue weighted by atomic mass is 9.99. The highest BCUT2D eigenvalue weighted by molar-refractivity contribution is 5.83. The quantitative estimate of drug-likeness (QED) is 0.572. The molecule has 0 bridgehead atoms. The molecule has 0 aromatic heterocycles. The highest BCUT2D eigenvalue weighted by Gasteiger charge is 2.19. The number of carbonyl (C=O) groups excluding carboxylic acids is 2. The van der Waals surface area contributed by atoms with E-state index in [0.29, 0.717) is 12.7 Å². The maximum absolute atomic E-state index is 10.5. The molecule has 3 nitrogen and oxygen atoms in total. The van der Waals surface area contributed by atoms with Crippen molar-refractivity contribution in [2.24, 2.45) is 5.92 Å². The molecule has 0 fully saturated rings. The van der Waals surface area contributed by atoms with Crippen molar-refractivity contribution in [1.29, 1.82) is 0 Å². The number of Topliss-reactive ketones (excluding diaryl/α,β-unsaturated/α-hetero) is 1. The first-order chi connectivity index (χ1) is 4.63. The molecule has 0 saturated carbocycles. The molecule has 0 aromatic carbocycles. The van der Waals surface area contributed by atoms with E-state index in [0.717, 1.165) is 0 Å². The molecule has 0 heterocycles. The lowest BCUT2D eigenvalue weighted by Gasteiger charge is -2.11. The van der Waals surface area contributed by atoms with Crippen molar-refractivity contribution >= 4 is 12.1 Å². The lowest BCUT2D eigenvalue weighted by molar-refractivity contribution is -0.131. The normalized spacial score (nSPS) is 15.9. The molecular formula is C7H12O3. The zero-order chi connectivity index (χ0) is 8.15. The zero-order valence-electron chi connectivity index (χ0n) is 6.20. The molecule has 0 unspecified atom stereocenters. The molecule has 0 amide bonds. The van der Waals surface area contributed by atoms with Gasteiger partial charge in [-0.15, -0.1) is 0 Å². The van der Waals surface area contributed by atoms with E-state index in [1.165, 1.54) is 6.92 Å². The third kappa shape index (κ3) is 2.27. The predicted octanol–water partition coefficient (Wildman–Crippen LogP) is 0.161. The van der Waals surface area contributed by atoms with Crippen molar-refractivity contribution < 1.29 is 14.7 Å². The minimum absolute atomic E-state index is 0.348. The fourth-order valence-electron chi connectivity index (χ4n) is 0.695. The Labute approximate surface area is 60.0 Å². The second kappa shape index (κ2) is 4.17. The van der Waals surface area contributed by atoms with Crippen LogP contribution >= 0.6 is 0 Å². The Bertz CT molecular complexity index is 131. The molecule has 0 aliphatic carbocycles. The van der Waals surface area contributed by atoms with E-state index >= 15 is 0 Å². The molecule has 0 radical (unpaired) electrons. The molecule has 58 valence electrons. The van der Waals surface area contributed by atoms with E-state index in [1.807, 2.05) is 0 Å². The van der Waals surface area contributed by atoms with Crippen LogP contribution in [0.15, 0.2) is 0 Å². The minimum Gasteiger partial charge on any atom is -0.385 e. The predicted molar refractivity (Wildman–Crippen MR) is 36.5 cm³/mol. The first-order valence-corrected chi connectivity index (χ1v) is 3.27. The van der Waals surface area contributed by atoms with Crippen LogP contribution in [-0.4, -0.2) is 23.3 Å². The van der Waals surface area contributed by atoms with Gasteiger partial charge < -0.3 is 9.90 Å². The summed E-state index contributed by atoms with van der Waals surface area (Å²) in [6.45, 7) is 3.03. The fraction of sp³-hybridized carbons (Fsp3) is 0.714. The van der Waals surface area contributed by atoms with E-state index in [1.54, 1.807) is 6.92 Å². The molecule has 0 rings (SSSR count). The number of aliphatic hydroxyl groups is 1. The highest BCUT2D eigenvalue weighted by Crippen LogP contribution is 2.05. The van der Waals surface area contributed by atoms with Gasteiger partial charge >= 0.3 is 0 Å². The van der Waals surface area contributed by atoms with Crippen LogP contribution in [0.3, 0.4) is 0 Å². The number of rotatable bonds is 4. The minimum atomic E-state index is -1.11. The maximum Gasteiger partial charge on any atom is 0.158 e. The van der Waals surface area contributed by atoms with Crippen LogP contribution in [0.5, 0.6) is 0 Å². The van der Waals surface area contributed by atoms with Gasteiger partial charge in [-0.1, -0.05) is 6.92 Å². The summed E-state index contributed by atoms with van der Waals surface area (Å²) in [5, 5.41) is 9.01. The molecule has 0 aromatic rings. The van der Waals surface area contributed by atoms with Gasteiger partial charge in [-0.3, -0.25) is 4.79 Å². The second-order valence-corrected chi connectivity index (χ2v) is 2.26. The smallest absolute Gasteiger partial charge is 0.158 e. The van der Waals surface area contributed by atoms with Gasteiger partial charge in [0.1, 0.15) is 12.4 Å². The number of ketones is 1. The number of hydrogen-bond acceptors (Lipinski definition) is 3. The van der Waals surface area contributed by atoms with Crippen LogP contribution in [0.1, 0.15) is 20.3 Å². The van der Waals surface area contributed by atoms with Gasteiger partial charge in [0.05, 0.1) is 0 Å². The van der Waals surface area contributed by atoms with E-state index in [-0.39, 0.29) is 5.78 Å². The van der Waals surface area contributed by atoms with Gasteiger partial charge in [0.2, 0.25) is 0 Å².